The molecule has 0 fully saturated rings. The van der Waals surface area contributed by atoms with Crippen molar-refractivity contribution in [3.8, 4) is 5.75 Å². The van der Waals surface area contributed by atoms with Gasteiger partial charge in [0.05, 0.1) is 12.2 Å². The van der Waals surface area contributed by atoms with E-state index in [1.165, 1.54) is 27.8 Å². The second-order valence-electron chi connectivity index (χ2n) is 6.32. The van der Waals surface area contributed by atoms with E-state index >= 15 is 0 Å². The van der Waals surface area contributed by atoms with Crippen LogP contribution in [0.25, 0.3) is 0 Å². The van der Waals surface area contributed by atoms with E-state index in [4.69, 9.17) is 4.74 Å². The van der Waals surface area contributed by atoms with Gasteiger partial charge in [0.2, 0.25) is 5.91 Å². The predicted molar refractivity (Wildman–Crippen MR) is 88.3 cm³/mol. The summed E-state index contributed by atoms with van der Waals surface area (Å²) in [5.74, 6) is 0.418. The highest BCUT2D eigenvalue weighted by atomic mass is 19.1. The zero-order valence-corrected chi connectivity index (χ0v) is 13.8. The Morgan fingerprint density at radius 3 is 3.00 bits per heavy atom. The molecule has 1 aromatic carbocycles. The molecule has 0 N–H and O–H groups in total. The minimum Gasteiger partial charge on any atom is -0.489 e. The molecule has 3 heterocycles. The van der Waals surface area contributed by atoms with Gasteiger partial charge >= 0.3 is 5.69 Å². The van der Waals surface area contributed by atoms with Crippen LogP contribution in [0.4, 0.5) is 10.1 Å². The van der Waals surface area contributed by atoms with Crippen LogP contribution in [0.5, 0.6) is 5.75 Å². The van der Waals surface area contributed by atoms with Crippen LogP contribution in [0, 0.1) is 5.82 Å². The second-order valence-corrected chi connectivity index (χ2v) is 6.32. The number of halogens is 1. The minimum absolute atomic E-state index is 0.129. The summed E-state index contributed by atoms with van der Waals surface area (Å²) in [6.45, 7) is 1.17. The summed E-state index contributed by atoms with van der Waals surface area (Å²) < 4.78 is 21.7. The Bertz CT molecular complexity index is 873. The number of fused-ring (bicyclic) bond motifs is 2. The van der Waals surface area contributed by atoms with Crippen molar-refractivity contribution in [1.29, 1.82) is 0 Å². The van der Waals surface area contributed by atoms with Gasteiger partial charge in [-0.3, -0.25) is 9.36 Å². The van der Waals surface area contributed by atoms with E-state index in [0.717, 1.165) is 31.5 Å². The van der Waals surface area contributed by atoms with Gasteiger partial charge in [-0.2, -0.15) is 5.10 Å². The molecule has 4 rings (SSSR count). The van der Waals surface area contributed by atoms with Gasteiger partial charge in [0.1, 0.15) is 30.5 Å². The number of amides is 1. The van der Waals surface area contributed by atoms with Crippen molar-refractivity contribution in [2.45, 2.75) is 38.8 Å². The van der Waals surface area contributed by atoms with Crippen LogP contribution in [-0.2, 0) is 24.3 Å². The van der Waals surface area contributed by atoms with Gasteiger partial charge in [-0.1, -0.05) is 6.42 Å². The normalized spacial score (nSPS) is 16.6. The number of benzene rings is 1. The Morgan fingerprint density at radius 2 is 2.12 bits per heavy atom. The zero-order valence-electron chi connectivity index (χ0n) is 13.8. The third-order valence-electron chi connectivity index (χ3n) is 4.65. The van der Waals surface area contributed by atoms with E-state index < -0.39 is 5.82 Å². The lowest BCUT2D eigenvalue weighted by atomic mass is 10.2. The quantitative estimate of drug-likeness (QED) is 0.823. The fourth-order valence-electron chi connectivity index (χ4n) is 3.39. The van der Waals surface area contributed by atoms with Crippen molar-refractivity contribution < 1.29 is 13.9 Å². The monoisotopic (exact) mass is 346 g/mol. The first-order valence-electron chi connectivity index (χ1n) is 8.53. The Morgan fingerprint density at radius 1 is 1.24 bits per heavy atom. The molecule has 0 radical (unpaired) electrons. The van der Waals surface area contributed by atoms with Gasteiger partial charge in [-0.25, -0.2) is 13.9 Å². The molecule has 0 unspecified atom stereocenters. The number of ether oxygens (including phenoxy) is 1. The summed E-state index contributed by atoms with van der Waals surface area (Å²) in [5.41, 5.74) is 0.282. The summed E-state index contributed by atoms with van der Waals surface area (Å²) in [6.07, 6.45) is 3.81. The van der Waals surface area contributed by atoms with Gasteiger partial charge in [0.15, 0.2) is 0 Å². The van der Waals surface area contributed by atoms with Crippen molar-refractivity contribution >= 4 is 11.6 Å². The summed E-state index contributed by atoms with van der Waals surface area (Å²) in [6, 6.07) is 4.07. The fourth-order valence-corrected chi connectivity index (χ4v) is 3.39. The van der Waals surface area contributed by atoms with Crippen LogP contribution in [0.15, 0.2) is 23.0 Å². The number of carbonyl (C=O) groups is 1. The fraction of sp³-hybridized carbons (Fsp3) is 0.471. The molecule has 132 valence electrons. The third kappa shape index (κ3) is 2.92. The lowest BCUT2D eigenvalue weighted by Crippen LogP contribution is -2.41. The smallest absolute Gasteiger partial charge is 0.346 e. The standard InChI is InChI=1S/C17H19FN4O3/c18-12-5-6-13-14(10-12)25-9-8-20(13)16(23)11-22-17(24)21-7-3-1-2-4-15(21)19-22/h5-6,10H,1-4,7-9,11H2. The van der Waals surface area contributed by atoms with E-state index in [1.807, 2.05) is 0 Å². The van der Waals surface area contributed by atoms with Gasteiger partial charge < -0.3 is 9.64 Å². The van der Waals surface area contributed by atoms with Crippen LogP contribution in [0.2, 0.25) is 0 Å². The van der Waals surface area contributed by atoms with Gasteiger partial charge in [-0.05, 0) is 25.0 Å². The average Bonchev–Trinajstić information content (AvgIpc) is 2.77. The predicted octanol–water partition coefficient (Wildman–Crippen LogP) is 1.34. The molecule has 2 aliphatic rings. The first-order chi connectivity index (χ1) is 12.1. The SMILES string of the molecule is O=C(Cn1nc2n(c1=O)CCCCC2)N1CCOc2cc(F)ccc21. The third-order valence-corrected chi connectivity index (χ3v) is 4.65. The molecule has 0 bridgehead atoms. The summed E-state index contributed by atoms with van der Waals surface area (Å²) in [5, 5.41) is 4.34. The molecule has 0 saturated heterocycles. The van der Waals surface area contributed by atoms with Crippen molar-refractivity contribution in [1.82, 2.24) is 14.3 Å². The number of aromatic nitrogens is 3. The Balaban J connectivity index is 1.59. The molecule has 2 aromatic rings. The maximum absolute atomic E-state index is 13.3. The first kappa shape index (κ1) is 15.9. The van der Waals surface area contributed by atoms with Crippen molar-refractivity contribution in [3.05, 3.63) is 40.3 Å². The molecule has 0 spiro atoms. The highest BCUT2D eigenvalue weighted by Crippen LogP contribution is 2.32. The number of aryl methyl sites for hydroxylation is 1. The molecule has 0 atom stereocenters. The average molecular weight is 346 g/mol. The zero-order chi connectivity index (χ0) is 17.4. The second kappa shape index (κ2) is 6.34. The van der Waals surface area contributed by atoms with E-state index in [-0.39, 0.29) is 24.7 Å². The van der Waals surface area contributed by atoms with E-state index in [0.29, 0.717) is 24.5 Å². The maximum Gasteiger partial charge on any atom is 0.346 e. The lowest BCUT2D eigenvalue weighted by molar-refractivity contribution is -0.119. The highest BCUT2D eigenvalue weighted by molar-refractivity contribution is 5.95. The molecule has 0 aliphatic carbocycles. The van der Waals surface area contributed by atoms with Crippen LogP contribution in [0.3, 0.4) is 0 Å². The number of carbonyl (C=O) groups excluding carboxylic acids is 1. The Labute approximate surface area is 143 Å². The van der Waals surface area contributed by atoms with E-state index in [2.05, 4.69) is 5.10 Å². The molecule has 1 amide bonds. The number of hydrogen-bond acceptors (Lipinski definition) is 4. The lowest BCUT2D eigenvalue weighted by Gasteiger charge is -2.29. The van der Waals surface area contributed by atoms with Crippen molar-refractivity contribution in [2.75, 3.05) is 18.1 Å². The minimum atomic E-state index is -0.415. The largest absolute Gasteiger partial charge is 0.489 e. The van der Waals surface area contributed by atoms with Gasteiger partial charge in [0.25, 0.3) is 0 Å². The molecular formula is C17H19FN4O3. The topological polar surface area (TPSA) is 69.4 Å². The summed E-state index contributed by atoms with van der Waals surface area (Å²) >= 11 is 0. The molecular weight excluding hydrogens is 327 g/mol. The highest BCUT2D eigenvalue weighted by Gasteiger charge is 2.26. The molecule has 0 saturated carbocycles. The number of rotatable bonds is 2. The molecule has 25 heavy (non-hydrogen) atoms. The van der Waals surface area contributed by atoms with Crippen molar-refractivity contribution in [2.24, 2.45) is 0 Å². The number of hydrogen-bond donors (Lipinski definition) is 0. The molecule has 8 heteroatoms. The number of anilines is 1. The van der Waals surface area contributed by atoms with Gasteiger partial charge in [0, 0.05) is 19.0 Å². The summed E-state index contributed by atoms with van der Waals surface area (Å²) in [7, 11) is 0. The Hall–Kier alpha value is -2.64. The van der Waals surface area contributed by atoms with Crippen LogP contribution in [0.1, 0.15) is 25.1 Å². The van der Waals surface area contributed by atoms with Crippen LogP contribution >= 0.6 is 0 Å². The molecule has 2 aliphatic heterocycles. The van der Waals surface area contributed by atoms with Crippen LogP contribution in [-0.4, -0.2) is 33.4 Å². The maximum atomic E-state index is 13.3. The van der Waals surface area contributed by atoms with E-state index in [9.17, 15) is 14.0 Å². The molecule has 7 nitrogen and oxygen atoms in total. The Kier molecular flexibility index (Phi) is 4.03. The number of nitrogens with zero attached hydrogens (tertiary/aromatic N) is 4. The van der Waals surface area contributed by atoms with Gasteiger partial charge in [-0.15, -0.1) is 0 Å². The van der Waals surface area contributed by atoms with Crippen molar-refractivity contribution in [3.63, 3.8) is 0 Å². The summed E-state index contributed by atoms with van der Waals surface area (Å²) in [4.78, 5) is 26.7. The van der Waals surface area contributed by atoms with Crippen LogP contribution < -0.4 is 15.3 Å². The molecule has 1 aromatic heterocycles. The first-order valence-corrected chi connectivity index (χ1v) is 8.53. The van der Waals surface area contributed by atoms with E-state index in [1.54, 1.807) is 4.57 Å².